The summed E-state index contributed by atoms with van der Waals surface area (Å²) in [6, 6.07) is 3.71. The standard InChI is InChI=1S/C14H18BrN3O/c1-5-16-14-12(8(2)3)9(4)17-13(18-14)10-6-7-11(15)19-10/h6-8H,5H2,1-4H3,(H,16,17,18). The molecule has 1 N–H and O–H groups in total. The number of aromatic nitrogens is 2. The molecule has 0 atom stereocenters. The highest BCUT2D eigenvalue weighted by Crippen LogP contribution is 2.29. The molecule has 2 aromatic heterocycles. The van der Waals surface area contributed by atoms with E-state index in [2.05, 4.69) is 52.0 Å². The summed E-state index contributed by atoms with van der Waals surface area (Å²) in [6.07, 6.45) is 0. The van der Waals surface area contributed by atoms with Crippen molar-refractivity contribution in [3.63, 3.8) is 0 Å². The van der Waals surface area contributed by atoms with Crippen LogP contribution in [0, 0.1) is 6.92 Å². The molecule has 0 aromatic carbocycles. The fourth-order valence-corrected chi connectivity index (χ4v) is 2.43. The zero-order chi connectivity index (χ0) is 14.0. The van der Waals surface area contributed by atoms with E-state index in [-0.39, 0.29) is 0 Å². The van der Waals surface area contributed by atoms with E-state index >= 15 is 0 Å². The van der Waals surface area contributed by atoms with E-state index in [4.69, 9.17) is 4.42 Å². The maximum Gasteiger partial charge on any atom is 0.197 e. The summed E-state index contributed by atoms with van der Waals surface area (Å²) in [6.45, 7) is 9.20. The summed E-state index contributed by atoms with van der Waals surface area (Å²) in [5, 5.41) is 3.31. The van der Waals surface area contributed by atoms with E-state index < -0.39 is 0 Å². The van der Waals surface area contributed by atoms with E-state index in [1.54, 1.807) is 0 Å². The highest BCUT2D eigenvalue weighted by atomic mass is 79.9. The Morgan fingerprint density at radius 2 is 2.05 bits per heavy atom. The Morgan fingerprint density at radius 3 is 2.58 bits per heavy atom. The smallest absolute Gasteiger partial charge is 0.197 e. The molecule has 0 aliphatic rings. The van der Waals surface area contributed by atoms with Crippen molar-refractivity contribution in [1.82, 2.24) is 9.97 Å². The van der Waals surface area contributed by atoms with Gasteiger partial charge in [0.05, 0.1) is 0 Å². The highest BCUT2D eigenvalue weighted by molar-refractivity contribution is 9.10. The number of halogens is 1. The van der Waals surface area contributed by atoms with Gasteiger partial charge in [-0.25, -0.2) is 9.97 Å². The van der Waals surface area contributed by atoms with Gasteiger partial charge in [0.1, 0.15) is 5.82 Å². The van der Waals surface area contributed by atoms with E-state index in [1.807, 2.05) is 19.1 Å². The lowest BCUT2D eigenvalue weighted by molar-refractivity contribution is 0.551. The first-order chi connectivity index (χ1) is 9.02. The first kappa shape index (κ1) is 14.1. The van der Waals surface area contributed by atoms with Crippen LogP contribution in [0.3, 0.4) is 0 Å². The molecule has 0 aliphatic carbocycles. The molecule has 0 fully saturated rings. The quantitative estimate of drug-likeness (QED) is 0.908. The van der Waals surface area contributed by atoms with Gasteiger partial charge in [-0.15, -0.1) is 0 Å². The molecule has 0 bridgehead atoms. The lowest BCUT2D eigenvalue weighted by Gasteiger charge is -2.16. The van der Waals surface area contributed by atoms with Gasteiger partial charge in [-0.2, -0.15) is 0 Å². The number of hydrogen-bond donors (Lipinski definition) is 1. The maximum absolute atomic E-state index is 5.52. The van der Waals surface area contributed by atoms with Crippen LogP contribution in [0.15, 0.2) is 21.2 Å². The molecule has 0 saturated carbocycles. The van der Waals surface area contributed by atoms with Gasteiger partial charge in [-0.1, -0.05) is 13.8 Å². The Bertz CT molecular complexity index is 578. The first-order valence-corrected chi connectivity index (χ1v) is 7.20. The molecule has 0 saturated heterocycles. The molecule has 0 unspecified atom stereocenters. The molecule has 0 aliphatic heterocycles. The Kier molecular flexibility index (Phi) is 4.24. The van der Waals surface area contributed by atoms with E-state index in [9.17, 15) is 0 Å². The van der Waals surface area contributed by atoms with Crippen molar-refractivity contribution in [2.75, 3.05) is 11.9 Å². The number of furan rings is 1. The molecule has 0 radical (unpaired) electrons. The third-order valence-electron chi connectivity index (χ3n) is 2.85. The molecule has 5 heteroatoms. The average molecular weight is 324 g/mol. The van der Waals surface area contributed by atoms with Gasteiger partial charge in [-0.05, 0) is 47.8 Å². The predicted octanol–water partition coefficient (Wildman–Crippen LogP) is 4.36. The second kappa shape index (κ2) is 5.74. The summed E-state index contributed by atoms with van der Waals surface area (Å²) < 4.78 is 6.20. The highest BCUT2D eigenvalue weighted by Gasteiger charge is 2.16. The molecule has 4 nitrogen and oxygen atoms in total. The topological polar surface area (TPSA) is 51.0 Å². The molecule has 0 amide bonds. The SMILES string of the molecule is CCNc1nc(-c2ccc(Br)o2)nc(C)c1C(C)C. The Morgan fingerprint density at radius 1 is 1.32 bits per heavy atom. The van der Waals surface area contributed by atoms with E-state index in [0.29, 0.717) is 22.2 Å². The monoisotopic (exact) mass is 323 g/mol. The number of anilines is 1. The second-order valence-electron chi connectivity index (χ2n) is 4.68. The predicted molar refractivity (Wildman–Crippen MR) is 80.4 cm³/mol. The minimum atomic E-state index is 0.381. The van der Waals surface area contributed by atoms with Crippen molar-refractivity contribution >= 4 is 21.7 Å². The third kappa shape index (κ3) is 2.97. The van der Waals surface area contributed by atoms with E-state index in [0.717, 1.165) is 23.6 Å². The van der Waals surface area contributed by atoms with Crippen LogP contribution >= 0.6 is 15.9 Å². The van der Waals surface area contributed by atoms with E-state index in [1.165, 1.54) is 0 Å². The zero-order valence-electron chi connectivity index (χ0n) is 11.6. The van der Waals surface area contributed by atoms with Crippen LogP contribution < -0.4 is 5.32 Å². The lowest BCUT2D eigenvalue weighted by Crippen LogP contribution is -2.09. The summed E-state index contributed by atoms with van der Waals surface area (Å²) in [7, 11) is 0. The largest absolute Gasteiger partial charge is 0.446 e. The molecular weight excluding hydrogens is 306 g/mol. The Balaban J connectivity index is 2.53. The molecule has 2 rings (SSSR count). The van der Waals surface area contributed by atoms with Gasteiger partial charge >= 0.3 is 0 Å². The number of nitrogens with zero attached hydrogens (tertiary/aromatic N) is 2. The van der Waals surface area contributed by atoms with Crippen molar-refractivity contribution in [3.8, 4) is 11.6 Å². The normalized spacial score (nSPS) is 11.1. The summed E-state index contributed by atoms with van der Waals surface area (Å²) >= 11 is 3.30. The van der Waals surface area contributed by atoms with Crippen LogP contribution in [0.2, 0.25) is 0 Å². The Hall–Kier alpha value is -1.36. The van der Waals surface area contributed by atoms with Crippen molar-refractivity contribution in [2.24, 2.45) is 0 Å². The maximum atomic E-state index is 5.52. The summed E-state index contributed by atoms with van der Waals surface area (Å²) in [4.78, 5) is 9.15. The minimum absolute atomic E-state index is 0.381. The van der Waals surface area contributed by atoms with Crippen LogP contribution in [0.25, 0.3) is 11.6 Å². The number of aryl methyl sites for hydroxylation is 1. The van der Waals surface area contributed by atoms with Gasteiger partial charge < -0.3 is 9.73 Å². The lowest BCUT2D eigenvalue weighted by atomic mass is 10.0. The summed E-state index contributed by atoms with van der Waals surface area (Å²) in [5.74, 6) is 2.56. The molecule has 0 spiro atoms. The van der Waals surface area contributed by atoms with Crippen molar-refractivity contribution in [2.45, 2.75) is 33.6 Å². The van der Waals surface area contributed by atoms with Gasteiger partial charge in [-0.3, -0.25) is 0 Å². The van der Waals surface area contributed by atoms with Gasteiger partial charge in [0.25, 0.3) is 0 Å². The van der Waals surface area contributed by atoms with Crippen molar-refractivity contribution in [3.05, 3.63) is 28.1 Å². The van der Waals surface area contributed by atoms with Crippen LogP contribution in [0.4, 0.5) is 5.82 Å². The number of nitrogens with one attached hydrogen (secondary N) is 1. The zero-order valence-corrected chi connectivity index (χ0v) is 13.2. The van der Waals surface area contributed by atoms with Gasteiger partial charge in [0.15, 0.2) is 16.3 Å². The first-order valence-electron chi connectivity index (χ1n) is 6.41. The second-order valence-corrected chi connectivity index (χ2v) is 5.47. The fourth-order valence-electron chi connectivity index (χ4n) is 2.12. The molecule has 19 heavy (non-hydrogen) atoms. The minimum Gasteiger partial charge on any atom is -0.446 e. The third-order valence-corrected chi connectivity index (χ3v) is 3.28. The fraction of sp³-hybridized carbons (Fsp3) is 0.429. The number of hydrogen-bond acceptors (Lipinski definition) is 4. The van der Waals surface area contributed by atoms with Crippen LogP contribution in [-0.2, 0) is 0 Å². The molecule has 2 heterocycles. The molecular formula is C14H18BrN3O. The average Bonchev–Trinajstić information content (AvgIpc) is 2.75. The molecule has 2 aromatic rings. The van der Waals surface area contributed by atoms with Crippen LogP contribution in [0.5, 0.6) is 0 Å². The molecule has 102 valence electrons. The van der Waals surface area contributed by atoms with Crippen molar-refractivity contribution < 1.29 is 4.42 Å². The van der Waals surface area contributed by atoms with Gasteiger partial charge in [0.2, 0.25) is 0 Å². The van der Waals surface area contributed by atoms with Crippen molar-refractivity contribution in [1.29, 1.82) is 0 Å². The van der Waals surface area contributed by atoms with Gasteiger partial charge in [0, 0.05) is 17.8 Å². The van der Waals surface area contributed by atoms with Crippen LogP contribution in [-0.4, -0.2) is 16.5 Å². The number of rotatable bonds is 4. The Labute approximate surface area is 121 Å². The summed E-state index contributed by atoms with van der Waals surface area (Å²) in [5.41, 5.74) is 2.15. The van der Waals surface area contributed by atoms with Crippen LogP contribution in [0.1, 0.15) is 37.9 Å².